The summed E-state index contributed by atoms with van der Waals surface area (Å²) < 4.78 is 18.9. The van der Waals surface area contributed by atoms with Gasteiger partial charge >= 0.3 is 5.97 Å². The zero-order valence-corrected chi connectivity index (χ0v) is 11.4. The second-order valence-electron chi connectivity index (χ2n) is 5.15. The lowest BCUT2D eigenvalue weighted by Crippen LogP contribution is -2.40. The van der Waals surface area contributed by atoms with Crippen molar-refractivity contribution in [3.05, 3.63) is 35.6 Å². The van der Waals surface area contributed by atoms with Gasteiger partial charge in [-0.3, -0.25) is 4.79 Å². The molecule has 4 nitrogen and oxygen atoms in total. The van der Waals surface area contributed by atoms with E-state index in [-0.39, 0.29) is 18.3 Å². The molecule has 1 fully saturated rings. The number of nitrogens with zero attached hydrogens (tertiary/aromatic N) is 1. The molecule has 0 bridgehead atoms. The fourth-order valence-electron chi connectivity index (χ4n) is 2.45. The summed E-state index contributed by atoms with van der Waals surface area (Å²) in [5.74, 6) is -1.02. The van der Waals surface area contributed by atoms with Crippen molar-refractivity contribution in [1.82, 2.24) is 4.90 Å². The van der Waals surface area contributed by atoms with Gasteiger partial charge in [0.15, 0.2) is 0 Å². The SMILES string of the molecule is O=C(O)CCN1CCCC(OCc2cccc(F)c2)C1. The topological polar surface area (TPSA) is 49.8 Å². The number of hydrogen-bond donors (Lipinski definition) is 1. The molecule has 1 aliphatic rings. The van der Waals surface area contributed by atoms with E-state index in [1.54, 1.807) is 6.07 Å². The summed E-state index contributed by atoms with van der Waals surface area (Å²) in [6.45, 7) is 2.64. The van der Waals surface area contributed by atoms with E-state index >= 15 is 0 Å². The summed E-state index contributed by atoms with van der Waals surface area (Å²) in [6.07, 6.45) is 2.24. The highest BCUT2D eigenvalue weighted by molar-refractivity contribution is 5.66. The first-order valence-corrected chi connectivity index (χ1v) is 6.93. The minimum atomic E-state index is -0.771. The first-order valence-electron chi connectivity index (χ1n) is 6.93. The Kier molecular flexibility index (Phi) is 5.49. The molecular weight excluding hydrogens is 261 g/mol. The Balaban J connectivity index is 1.76. The molecule has 1 atom stereocenters. The maximum atomic E-state index is 13.1. The zero-order chi connectivity index (χ0) is 14.4. The van der Waals surface area contributed by atoms with Crippen LogP contribution in [0.25, 0.3) is 0 Å². The Bertz CT molecular complexity index is 452. The molecular formula is C15H20FNO3. The fourth-order valence-corrected chi connectivity index (χ4v) is 2.45. The van der Waals surface area contributed by atoms with Crippen LogP contribution in [0, 0.1) is 5.82 Å². The Labute approximate surface area is 118 Å². The van der Waals surface area contributed by atoms with E-state index in [2.05, 4.69) is 4.90 Å². The highest BCUT2D eigenvalue weighted by Gasteiger charge is 2.20. The number of carbonyl (C=O) groups is 1. The number of carboxylic acid groups (broad SMARTS) is 1. The molecule has 1 N–H and O–H groups in total. The van der Waals surface area contributed by atoms with Crippen LogP contribution in [0.2, 0.25) is 0 Å². The number of carboxylic acids is 1. The Morgan fingerprint density at radius 3 is 3.10 bits per heavy atom. The van der Waals surface area contributed by atoms with E-state index < -0.39 is 5.97 Å². The van der Waals surface area contributed by atoms with Gasteiger partial charge in [-0.1, -0.05) is 12.1 Å². The van der Waals surface area contributed by atoms with Crippen LogP contribution < -0.4 is 0 Å². The van der Waals surface area contributed by atoms with Gasteiger partial charge in [0.05, 0.1) is 19.1 Å². The molecule has 2 rings (SSSR count). The van der Waals surface area contributed by atoms with Crippen molar-refractivity contribution >= 4 is 5.97 Å². The first-order chi connectivity index (χ1) is 9.63. The van der Waals surface area contributed by atoms with Crippen LogP contribution in [0.3, 0.4) is 0 Å². The third-order valence-corrected chi connectivity index (χ3v) is 3.48. The lowest BCUT2D eigenvalue weighted by Gasteiger charge is -2.32. The lowest BCUT2D eigenvalue weighted by molar-refractivity contribution is -0.137. The van der Waals surface area contributed by atoms with Crippen LogP contribution in [-0.4, -0.2) is 41.7 Å². The molecule has 1 aromatic carbocycles. The van der Waals surface area contributed by atoms with E-state index in [0.717, 1.165) is 31.5 Å². The first kappa shape index (κ1) is 14.9. The maximum Gasteiger partial charge on any atom is 0.304 e. The predicted octanol–water partition coefficient (Wildman–Crippen LogP) is 2.28. The molecule has 110 valence electrons. The van der Waals surface area contributed by atoms with Crippen molar-refractivity contribution in [3.8, 4) is 0 Å². The number of likely N-dealkylation sites (tertiary alicyclic amines) is 1. The van der Waals surface area contributed by atoms with E-state index in [1.807, 2.05) is 6.07 Å². The second kappa shape index (κ2) is 7.36. The zero-order valence-electron chi connectivity index (χ0n) is 11.4. The van der Waals surface area contributed by atoms with Crippen LogP contribution in [0.15, 0.2) is 24.3 Å². The monoisotopic (exact) mass is 281 g/mol. The van der Waals surface area contributed by atoms with Crippen LogP contribution in [0.4, 0.5) is 4.39 Å². The average molecular weight is 281 g/mol. The Morgan fingerprint density at radius 2 is 2.35 bits per heavy atom. The molecule has 0 aromatic heterocycles. The van der Waals surface area contributed by atoms with Gasteiger partial charge < -0.3 is 14.7 Å². The van der Waals surface area contributed by atoms with Gasteiger partial charge in [0.25, 0.3) is 0 Å². The number of halogens is 1. The lowest BCUT2D eigenvalue weighted by atomic mass is 10.1. The number of ether oxygens (including phenoxy) is 1. The van der Waals surface area contributed by atoms with Gasteiger partial charge in [-0.05, 0) is 37.1 Å². The molecule has 0 saturated carbocycles. The van der Waals surface area contributed by atoms with E-state index in [1.165, 1.54) is 12.1 Å². The molecule has 5 heteroatoms. The number of hydrogen-bond acceptors (Lipinski definition) is 3. The molecule has 1 aliphatic heterocycles. The summed E-state index contributed by atoms with van der Waals surface area (Å²) in [7, 11) is 0. The third kappa shape index (κ3) is 4.90. The van der Waals surface area contributed by atoms with Crippen molar-refractivity contribution < 1.29 is 19.0 Å². The molecule has 0 amide bonds. The van der Waals surface area contributed by atoms with E-state index in [9.17, 15) is 9.18 Å². The highest BCUT2D eigenvalue weighted by atomic mass is 19.1. The summed E-state index contributed by atoms with van der Waals surface area (Å²) in [5, 5.41) is 8.69. The highest BCUT2D eigenvalue weighted by Crippen LogP contribution is 2.15. The van der Waals surface area contributed by atoms with Crippen molar-refractivity contribution in [2.24, 2.45) is 0 Å². The Hall–Kier alpha value is -1.46. The molecule has 1 saturated heterocycles. The van der Waals surface area contributed by atoms with Gasteiger partial charge in [-0.2, -0.15) is 0 Å². The fraction of sp³-hybridized carbons (Fsp3) is 0.533. The Morgan fingerprint density at radius 1 is 1.50 bits per heavy atom. The summed E-state index contributed by atoms with van der Waals surface area (Å²) >= 11 is 0. The summed E-state index contributed by atoms with van der Waals surface area (Å²) in [4.78, 5) is 12.7. The maximum absolute atomic E-state index is 13.1. The van der Waals surface area contributed by atoms with E-state index in [4.69, 9.17) is 9.84 Å². The summed E-state index contributed by atoms with van der Waals surface area (Å²) in [5.41, 5.74) is 0.827. The van der Waals surface area contributed by atoms with Crippen LogP contribution in [0.1, 0.15) is 24.8 Å². The minimum absolute atomic E-state index is 0.0980. The molecule has 0 radical (unpaired) electrons. The average Bonchev–Trinajstić information content (AvgIpc) is 2.43. The van der Waals surface area contributed by atoms with Gasteiger partial charge in [-0.15, -0.1) is 0 Å². The predicted molar refractivity (Wildman–Crippen MR) is 72.9 cm³/mol. The second-order valence-corrected chi connectivity index (χ2v) is 5.15. The smallest absolute Gasteiger partial charge is 0.304 e. The normalized spacial score (nSPS) is 19.9. The van der Waals surface area contributed by atoms with Crippen molar-refractivity contribution in [2.75, 3.05) is 19.6 Å². The van der Waals surface area contributed by atoms with Crippen LogP contribution in [-0.2, 0) is 16.1 Å². The number of piperidine rings is 1. The quantitative estimate of drug-likeness (QED) is 0.869. The third-order valence-electron chi connectivity index (χ3n) is 3.48. The summed E-state index contributed by atoms with van der Waals surface area (Å²) in [6, 6.07) is 6.41. The number of rotatable bonds is 6. The van der Waals surface area contributed by atoms with Gasteiger partial charge in [0.1, 0.15) is 5.82 Å². The van der Waals surface area contributed by atoms with Gasteiger partial charge in [0, 0.05) is 13.1 Å². The molecule has 1 heterocycles. The van der Waals surface area contributed by atoms with Gasteiger partial charge in [0.2, 0.25) is 0 Å². The standard InChI is InChI=1S/C15H20FNO3/c16-13-4-1-3-12(9-13)11-20-14-5-2-7-17(10-14)8-6-15(18)19/h1,3-4,9,14H,2,5-8,10-11H2,(H,18,19). The number of aliphatic carboxylic acids is 1. The van der Waals surface area contributed by atoms with E-state index in [0.29, 0.717) is 13.2 Å². The largest absolute Gasteiger partial charge is 0.481 e. The molecule has 0 aliphatic carbocycles. The van der Waals surface area contributed by atoms with Gasteiger partial charge in [-0.25, -0.2) is 4.39 Å². The molecule has 1 aromatic rings. The van der Waals surface area contributed by atoms with Crippen molar-refractivity contribution in [2.45, 2.75) is 32.0 Å². The minimum Gasteiger partial charge on any atom is -0.481 e. The van der Waals surface area contributed by atoms with Crippen LogP contribution in [0.5, 0.6) is 0 Å². The van der Waals surface area contributed by atoms with Crippen molar-refractivity contribution in [1.29, 1.82) is 0 Å². The van der Waals surface area contributed by atoms with Crippen LogP contribution >= 0.6 is 0 Å². The number of benzene rings is 1. The molecule has 0 spiro atoms. The molecule has 20 heavy (non-hydrogen) atoms. The van der Waals surface area contributed by atoms with Crippen molar-refractivity contribution in [3.63, 3.8) is 0 Å². The molecule has 1 unspecified atom stereocenters.